The number of nitrogens with one attached hydrogen (secondary N) is 3. The number of amides is 1. The Morgan fingerprint density at radius 2 is 0.715 bits per heavy atom. The molecule has 0 saturated carbocycles. The molecule has 0 bridgehead atoms. The number of phenolic OH excluding ortho intramolecular Hbond substituents is 1. The van der Waals surface area contributed by atoms with E-state index in [2.05, 4.69) is 101 Å². The van der Waals surface area contributed by atoms with Gasteiger partial charge in [0.1, 0.15) is 59.4 Å². The summed E-state index contributed by atoms with van der Waals surface area (Å²) < 4.78 is 31.7. The van der Waals surface area contributed by atoms with Gasteiger partial charge in [0.15, 0.2) is 0 Å². The van der Waals surface area contributed by atoms with E-state index in [1.807, 2.05) is 254 Å². The van der Waals surface area contributed by atoms with Crippen molar-refractivity contribution in [3.63, 3.8) is 0 Å². The van der Waals surface area contributed by atoms with Gasteiger partial charge in [-0.25, -0.2) is 9.59 Å². The molecule has 1 amide bonds. The number of aromatic nitrogens is 2. The van der Waals surface area contributed by atoms with Gasteiger partial charge >= 0.3 is 11.9 Å². The van der Waals surface area contributed by atoms with Crippen molar-refractivity contribution < 1.29 is 58.2 Å². The van der Waals surface area contributed by atoms with Gasteiger partial charge in [0.2, 0.25) is 0 Å². The zero-order chi connectivity index (χ0) is 89.4. The highest BCUT2D eigenvalue weighted by atomic mass is 79.9. The second-order valence-corrected chi connectivity index (χ2v) is 30.5. The first-order valence-electron chi connectivity index (χ1n) is 40.3. The average Bonchev–Trinajstić information content (AvgIpc) is 0.916. The number of methoxy groups -OCH3 is 1. The fourth-order valence-corrected chi connectivity index (χ4v) is 12.7. The number of pyridine rings is 2. The Kier molecular flexibility index (Phi) is 44.5. The van der Waals surface area contributed by atoms with Crippen LogP contribution in [0.3, 0.4) is 0 Å². The minimum Gasteiger partial charge on any atom is -0.508 e. The van der Waals surface area contributed by atoms with E-state index in [4.69, 9.17) is 34.9 Å². The van der Waals surface area contributed by atoms with Gasteiger partial charge in [-0.3, -0.25) is 19.2 Å². The number of aliphatic hydroxyl groups excluding tert-OH is 1. The summed E-state index contributed by atoms with van der Waals surface area (Å²) in [7, 11) is 1.38. The number of hydrogen-bond donors (Lipinski definition) is 7. The van der Waals surface area contributed by atoms with Crippen LogP contribution in [-0.2, 0) is 17.8 Å². The van der Waals surface area contributed by atoms with Crippen LogP contribution in [0, 0.1) is 27.7 Å². The second-order valence-electron chi connectivity index (χ2n) is 27.8. The lowest BCUT2D eigenvalue weighted by atomic mass is 10.0. The van der Waals surface area contributed by atoms with Crippen LogP contribution in [0.25, 0.3) is 0 Å². The second kappa shape index (κ2) is 54.9. The van der Waals surface area contributed by atoms with Crippen molar-refractivity contribution in [3.8, 4) is 28.7 Å². The zero-order valence-corrected chi connectivity index (χ0v) is 75.7. The van der Waals surface area contributed by atoms with E-state index >= 15 is 0 Å². The number of esters is 1. The summed E-state index contributed by atoms with van der Waals surface area (Å²) in [6.07, 6.45) is 4.67. The highest BCUT2D eigenvalue weighted by Crippen LogP contribution is 2.30. The number of rotatable bonds is 25. The zero-order valence-electron chi connectivity index (χ0n) is 70.9. The number of aromatic amines is 2. The van der Waals surface area contributed by atoms with Crippen molar-refractivity contribution in [3.05, 3.63) is 427 Å². The number of benzene rings is 11. The largest absolute Gasteiger partial charge is 0.508 e. The quantitative estimate of drug-likeness (QED) is 0.0207. The van der Waals surface area contributed by atoms with E-state index in [9.17, 15) is 33.9 Å². The fraction of sp³-hybridized carbons (Fsp3) is 0.216. The first kappa shape index (κ1) is 99.6. The van der Waals surface area contributed by atoms with Crippen LogP contribution in [0.4, 0.5) is 0 Å². The maximum Gasteiger partial charge on any atom is 0.337 e. The Bertz CT molecular complexity index is 5350. The summed E-state index contributed by atoms with van der Waals surface area (Å²) in [5, 5.41) is 29.7. The lowest BCUT2D eigenvalue weighted by Gasteiger charge is -2.18. The number of carboxylic acid groups (broad SMARTS) is 1. The van der Waals surface area contributed by atoms with E-state index in [1.54, 1.807) is 84.9 Å². The van der Waals surface area contributed by atoms with Crippen LogP contribution in [0.1, 0.15) is 200 Å². The van der Waals surface area contributed by atoms with Crippen LogP contribution >= 0.6 is 47.8 Å². The number of halogens is 3. The number of carbonyl (C=O) groups excluding carboxylic acids is 3. The van der Waals surface area contributed by atoms with Crippen molar-refractivity contribution in [2.75, 3.05) is 7.11 Å². The van der Waals surface area contributed by atoms with E-state index in [0.29, 0.717) is 45.7 Å². The topological polar surface area (TPSA) is 279 Å². The molecule has 0 spiro atoms. The number of aldehydes is 1. The first-order chi connectivity index (χ1) is 59.3. The maximum atomic E-state index is 12.5. The van der Waals surface area contributed by atoms with Gasteiger partial charge in [0.25, 0.3) is 17.0 Å². The van der Waals surface area contributed by atoms with Crippen molar-refractivity contribution >= 4 is 71.9 Å². The van der Waals surface area contributed by atoms with Gasteiger partial charge in [-0.05, 0) is 244 Å². The molecule has 0 aliphatic heterocycles. The molecule has 0 aliphatic carbocycles. The molecule has 0 radical (unpaired) electrons. The number of aryl methyl sites for hydroxylation is 4. The Balaban J connectivity index is 0.000000225. The predicted octanol–water partition coefficient (Wildman–Crippen LogP) is 24.3. The third kappa shape index (κ3) is 35.8. The van der Waals surface area contributed by atoms with Crippen LogP contribution in [-0.4, -0.2) is 56.5 Å². The Hall–Kier alpha value is -12.2. The minimum absolute atomic E-state index is 0.0240. The van der Waals surface area contributed by atoms with Gasteiger partial charge in [-0.2, -0.15) is 0 Å². The molecule has 0 aliphatic rings. The summed E-state index contributed by atoms with van der Waals surface area (Å²) in [5.41, 5.74) is 17.2. The number of carbonyl (C=O) groups is 4. The molecule has 0 saturated heterocycles. The smallest absolute Gasteiger partial charge is 0.337 e. The van der Waals surface area contributed by atoms with E-state index in [1.165, 1.54) is 12.7 Å². The summed E-state index contributed by atoms with van der Waals surface area (Å²) >= 11 is 10.0. The molecule has 5 atom stereocenters. The first-order valence-corrected chi connectivity index (χ1v) is 42.7. The number of hydrogen-bond acceptors (Lipinski definition) is 14. The molecule has 11 aromatic carbocycles. The summed E-state index contributed by atoms with van der Waals surface area (Å²) in [6, 6.07) is 96.3. The summed E-state index contributed by atoms with van der Waals surface area (Å²) in [5.74, 6) is 2.27. The minimum atomic E-state index is -0.913. The highest BCUT2D eigenvalue weighted by Gasteiger charge is 2.18. The van der Waals surface area contributed by atoms with Gasteiger partial charge in [0, 0.05) is 60.1 Å². The Morgan fingerprint density at radius 1 is 0.415 bits per heavy atom. The highest BCUT2D eigenvalue weighted by molar-refractivity contribution is 9.11. The monoisotopic (exact) mass is 1850 g/mol. The Labute approximate surface area is 746 Å². The number of para-hydroxylation sites is 5. The third-order valence-electron chi connectivity index (χ3n) is 18.6. The summed E-state index contributed by atoms with van der Waals surface area (Å²) in [6.45, 7) is 18.2. The lowest BCUT2D eigenvalue weighted by molar-refractivity contribution is 0.0599. The average molecular weight is 1850 g/mol. The van der Waals surface area contributed by atoms with Gasteiger partial charge in [-0.1, -0.05) is 246 Å². The summed E-state index contributed by atoms with van der Waals surface area (Å²) in [4.78, 5) is 73.5. The SMILES string of the molecule is CCC(O)c1ccc(Br)cc1.CCC(Oc1ccccc1)c1ccc(Br)cc1.CCC(Oc1ccccc1)c1ccc(C(=O)NCc2c(C)cc(C)[nH]c2=O)cc1.CCC(Oc1ccccc1)c1ccc(C(=O)O)cc1.CCC(Oc1ccccc1)c1ccc(C(=O)OC)cc1.Cc1cc(C)c(CN)c(=O)[nH]1.O=Cc1ccc(Br)cc1.Oc1ccccc1. The van der Waals surface area contributed by atoms with Crippen LogP contribution in [0.15, 0.2) is 332 Å². The molecule has 21 heteroatoms. The number of carboxylic acids is 1. The van der Waals surface area contributed by atoms with E-state index in [0.717, 1.165) is 120 Å². The molecule has 18 nitrogen and oxygen atoms in total. The van der Waals surface area contributed by atoms with Crippen molar-refractivity contribution in [2.45, 2.75) is 138 Å². The van der Waals surface area contributed by atoms with Crippen LogP contribution < -0.4 is 41.1 Å². The molecule has 642 valence electrons. The van der Waals surface area contributed by atoms with Crippen LogP contribution in [0.2, 0.25) is 0 Å². The molecule has 123 heavy (non-hydrogen) atoms. The molecule has 0 fully saturated rings. The van der Waals surface area contributed by atoms with Crippen molar-refractivity contribution in [1.29, 1.82) is 0 Å². The van der Waals surface area contributed by atoms with Gasteiger partial charge in [0.05, 0.1) is 24.3 Å². The lowest BCUT2D eigenvalue weighted by Crippen LogP contribution is -2.27. The van der Waals surface area contributed by atoms with Crippen LogP contribution in [0.5, 0.6) is 28.7 Å². The standard InChI is InChI=1S/C24H26N2O3.C17H18O3.C16H16O3.C15H15BrO.C9H11BrO.C8H12N2O.C7H5BrO.C6H6O/c1-4-22(29-20-8-6-5-7-9-20)18-10-12-19(13-11-18)23(27)25-15-21-16(2)14-17(3)26-24(21)28;1-3-16(20-15-7-5-4-6-8-15)13-9-11-14(12-10-13)17(18)19-2;1-2-15(19-14-6-4-3-5-7-14)12-8-10-13(11-9-12)16(17)18;1-2-15(12-8-10-13(16)11-9-12)17-14-6-4-3-5-7-14;1-2-9(11)7-3-5-8(10)6-4-7;1-5-3-6(2)10-8(11)7(5)4-9;8-7-3-1-6(5-9)2-4-7;7-6-4-2-1-3-5-6/h5-14,22H,4,15H2,1-3H3,(H,25,27)(H,26,28);4-12,16H,3H2,1-2H3;3-11,15H,2H2,1H3,(H,17,18);3-11,15H,2H2,1H3;3-6,9,11H,2H2,1H3;3H,4,9H2,1-2H3,(H,10,11);1-5H;1-5,7H. The van der Waals surface area contributed by atoms with Gasteiger partial charge < -0.3 is 60.0 Å². The van der Waals surface area contributed by atoms with Crippen molar-refractivity contribution in [1.82, 2.24) is 15.3 Å². The molecule has 5 unspecified atom stereocenters. The number of aliphatic hydroxyl groups is 1. The number of aromatic hydroxyl groups is 1. The number of H-pyrrole nitrogens is 2. The molecule has 13 rings (SSSR count). The van der Waals surface area contributed by atoms with E-state index in [-0.39, 0.29) is 60.1 Å². The number of phenols is 1. The number of ether oxygens (including phenoxy) is 5. The predicted molar refractivity (Wildman–Crippen MR) is 501 cm³/mol. The normalized spacial score (nSPS) is 11.4. The van der Waals surface area contributed by atoms with E-state index < -0.39 is 5.97 Å². The molecular weight excluding hydrogens is 1740 g/mol. The maximum absolute atomic E-state index is 12.5. The Morgan fingerprint density at radius 3 is 1.00 bits per heavy atom. The molecule has 13 aromatic rings. The molecule has 8 N–H and O–H groups in total. The van der Waals surface area contributed by atoms with Gasteiger partial charge in [-0.15, -0.1) is 0 Å². The fourth-order valence-electron chi connectivity index (χ4n) is 11.9. The number of nitrogens with two attached hydrogens (primary N) is 1. The van der Waals surface area contributed by atoms with Crippen molar-refractivity contribution in [2.24, 2.45) is 5.73 Å². The molecule has 2 heterocycles. The third-order valence-corrected chi connectivity index (χ3v) is 20.2. The number of aromatic carboxylic acids is 1. The molecule has 2 aromatic heterocycles. The molecular formula is C102H109Br3N4O14.